The summed E-state index contributed by atoms with van der Waals surface area (Å²) in [5, 5.41) is 0. The summed E-state index contributed by atoms with van der Waals surface area (Å²) in [7, 11) is 0. The van der Waals surface area contributed by atoms with Gasteiger partial charge >= 0.3 is 0 Å². The Morgan fingerprint density at radius 2 is 1.38 bits per heavy atom. The summed E-state index contributed by atoms with van der Waals surface area (Å²) in [4.78, 5) is 21.6. The Balaban J connectivity index is -0.000000845. The van der Waals surface area contributed by atoms with Crippen LogP contribution in [0.5, 0.6) is 0 Å². The molecule has 0 heterocycles. The van der Waals surface area contributed by atoms with Crippen molar-refractivity contribution in [2.24, 2.45) is 0 Å². The van der Waals surface area contributed by atoms with E-state index in [0.717, 1.165) is 13.0 Å². The van der Waals surface area contributed by atoms with Crippen LogP contribution in [0.1, 0.15) is 13.3 Å². The first-order valence-corrected chi connectivity index (χ1v) is 4.55. The van der Waals surface area contributed by atoms with Gasteiger partial charge in [0.1, 0.15) is 0 Å². The van der Waals surface area contributed by atoms with E-state index < -0.39 is 0 Å². The molecule has 0 N–H and O–H groups in total. The molecule has 0 fully saturated rings. The molecule has 0 aliphatic carbocycles. The molecule has 0 aliphatic heterocycles. The molecule has 7 heteroatoms. The smallest absolute Gasteiger partial charge is 0.0612 e. The van der Waals surface area contributed by atoms with Crippen molar-refractivity contribution in [3.05, 3.63) is 0 Å². The van der Waals surface area contributed by atoms with Gasteiger partial charge in [0, 0.05) is 95.7 Å². The van der Waals surface area contributed by atoms with Gasteiger partial charge in [0.2, 0.25) is 0 Å². The quantitative estimate of drug-likeness (QED) is 0.321. The molecule has 0 saturated carbocycles. The van der Waals surface area contributed by atoms with Crippen molar-refractivity contribution in [1.29, 1.82) is 0 Å². The molecule has 16 heavy (non-hydrogen) atoms. The minimum Gasteiger partial charge on any atom is -0.652 e. The van der Waals surface area contributed by atoms with Gasteiger partial charge < -0.3 is 19.1 Å². The predicted octanol–water partition coefficient (Wildman–Crippen LogP) is -0.134. The third-order valence-corrected chi connectivity index (χ3v) is 1.68. The summed E-state index contributed by atoms with van der Waals surface area (Å²) in [6, 6.07) is 0. The Labute approximate surface area is 163 Å². The largest absolute Gasteiger partial charge is 0.652 e. The molecule has 0 bridgehead atoms. The molecule has 0 spiro atoms. The first kappa shape index (κ1) is 22.8. The normalized spacial score (nSPS) is 8.62. The molecule has 0 aliphatic rings. The molecule has 0 atom stereocenters. The van der Waals surface area contributed by atoms with Crippen LogP contribution < -0.4 is 0 Å². The van der Waals surface area contributed by atoms with Gasteiger partial charge in [0.15, 0.2) is 0 Å². The van der Waals surface area contributed by atoms with Crippen molar-refractivity contribution in [3.8, 4) is 0 Å². The van der Waals surface area contributed by atoms with E-state index in [2.05, 4.69) is 9.47 Å². The average molecular weight is 483 g/mol. The molecular weight excluding hydrogens is 468 g/mol. The van der Waals surface area contributed by atoms with Gasteiger partial charge in [-0.15, -0.1) is 0 Å². The maximum Gasteiger partial charge on any atom is 0.0612 e. The molecule has 0 saturated heterocycles. The standard InChI is InChI=1S/C9H15NO4.2Pr/c1-2-3-10(4-6-13-8-11)5-7-14-9-12;;/h2-7H2,1H3;;/q-2;;. The fraction of sp³-hybridized carbons (Fsp3) is 0.778. The van der Waals surface area contributed by atoms with Crippen molar-refractivity contribution >= 4 is 12.9 Å². The third kappa shape index (κ3) is 15.6. The Kier molecular flexibility index (Phi) is 27.0. The van der Waals surface area contributed by atoms with Crippen molar-refractivity contribution < 1.29 is 102 Å². The molecule has 88 valence electrons. The fourth-order valence-electron chi connectivity index (χ4n) is 1.08. The van der Waals surface area contributed by atoms with Gasteiger partial charge in [-0.25, -0.2) is 0 Å². The molecule has 0 aromatic heterocycles. The van der Waals surface area contributed by atoms with Gasteiger partial charge in [-0.3, -0.25) is 4.90 Å². The van der Waals surface area contributed by atoms with Crippen LogP contribution in [0.4, 0.5) is 0 Å². The van der Waals surface area contributed by atoms with E-state index in [-0.39, 0.29) is 82.6 Å². The van der Waals surface area contributed by atoms with Gasteiger partial charge in [-0.05, 0) is 13.0 Å². The van der Waals surface area contributed by atoms with Crippen molar-refractivity contribution in [2.75, 3.05) is 32.8 Å². The third-order valence-electron chi connectivity index (χ3n) is 1.68. The average Bonchev–Trinajstić information content (AvgIpc) is 2.18. The summed E-state index contributed by atoms with van der Waals surface area (Å²) < 4.78 is 8.90. The van der Waals surface area contributed by atoms with E-state index in [1.54, 1.807) is 0 Å². The fourth-order valence-corrected chi connectivity index (χ4v) is 1.08. The van der Waals surface area contributed by atoms with Crippen LogP contribution in [0.3, 0.4) is 0 Å². The number of carbonyl (C=O) groups excluding carboxylic acids is 2. The van der Waals surface area contributed by atoms with Crippen molar-refractivity contribution in [1.82, 2.24) is 4.90 Å². The second-order valence-corrected chi connectivity index (χ2v) is 2.71. The summed E-state index contributed by atoms with van der Waals surface area (Å²) >= 11 is 0. The zero-order chi connectivity index (χ0) is 10.6. The van der Waals surface area contributed by atoms with E-state index in [0.29, 0.717) is 26.3 Å². The Hall–Kier alpha value is 1.63. The Bertz CT molecular complexity index is 146. The Morgan fingerprint density at radius 1 is 0.938 bits per heavy atom. The van der Waals surface area contributed by atoms with Crippen molar-refractivity contribution in [2.45, 2.75) is 13.3 Å². The minimum atomic E-state index is 0. The predicted molar refractivity (Wildman–Crippen MR) is 50.0 cm³/mol. The van der Waals surface area contributed by atoms with Gasteiger partial charge in [0.05, 0.1) is 13.2 Å². The molecule has 0 amide bonds. The van der Waals surface area contributed by atoms with Crippen molar-refractivity contribution in [3.63, 3.8) is 0 Å². The maximum atomic E-state index is 9.76. The van der Waals surface area contributed by atoms with Crippen LogP contribution in [0, 0.1) is 82.6 Å². The number of nitrogens with zero attached hydrogens (tertiary/aromatic N) is 1. The second-order valence-electron chi connectivity index (χ2n) is 2.71. The minimum absolute atomic E-state index is 0. The van der Waals surface area contributed by atoms with Crippen LogP contribution in [0.15, 0.2) is 0 Å². The van der Waals surface area contributed by atoms with Crippen LogP contribution in [0.2, 0.25) is 0 Å². The van der Waals surface area contributed by atoms with Gasteiger partial charge in [-0.2, -0.15) is 0 Å². The zero-order valence-corrected chi connectivity index (χ0v) is 16.9. The molecular formula is C9H15NO4Pr2-2. The summed E-state index contributed by atoms with van der Waals surface area (Å²) in [5.74, 6) is 0. The number of hydrogen-bond donors (Lipinski definition) is 0. The number of ether oxygens (including phenoxy) is 2. The molecule has 0 unspecified atom stereocenters. The van der Waals surface area contributed by atoms with E-state index in [4.69, 9.17) is 0 Å². The van der Waals surface area contributed by atoms with E-state index in [1.807, 2.05) is 11.8 Å². The number of rotatable bonds is 10. The monoisotopic (exact) mass is 483 g/mol. The molecule has 0 rings (SSSR count). The summed E-state index contributed by atoms with van der Waals surface area (Å²) in [5.41, 5.74) is 0. The Morgan fingerprint density at radius 3 is 1.69 bits per heavy atom. The molecule has 0 aromatic rings. The maximum absolute atomic E-state index is 9.76. The van der Waals surface area contributed by atoms with Gasteiger partial charge in [0.25, 0.3) is 0 Å². The van der Waals surface area contributed by atoms with Crippen LogP contribution in [-0.4, -0.2) is 50.7 Å². The van der Waals surface area contributed by atoms with E-state index >= 15 is 0 Å². The summed E-state index contributed by atoms with van der Waals surface area (Å²) in [6.07, 6.45) is 0.996. The zero-order valence-electron chi connectivity index (χ0n) is 9.48. The van der Waals surface area contributed by atoms with Crippen LogP contribution >= 0.6 is 0 Å². The first-order chi connectivity index (χ1) is 6.85. The van der Waals surface area contributed by atoms with Crippen LogP contribution in [-0.2, 0) is 19.1 Å². The second kappa shape index (κ2) is 19.0. The summed E-state index contributed by atoms with van der Waals surface area (Å²) in [6.45, 7) is 7.54. The molecule has 2 radical (unpaired) electrons. The molecule has 0 aromatic carbocycles. The number of hydrogen-bond acceptors (Lipinski definition) is 5. The SMILES string of the molecule is CCCN(CCO[C-]=O)CCO[C-]=O.[Pr].[Pr]. The first-order valence-electron chi connectivity index (χ1n) is 4.55. The van der Waals surface area contributed by atoms with Gasteiger partial charge in [-0.1, -0.05) is 19.9 Å². The van der Waals surface area contributed by atoms with E-state index in [9.17, 15) is 9.59 Å². The van der Waals surface area contributed by atoms with E-state index in [1.165, 1.54) is 12.9 Å². The van der Waals surface area contributed by atoms with Crippen LogP contribution in [0.25, 0.3) is 0 Å². The molecule has 5 nitrogen and oxygen atoms in total. The topological polar surface area (TPSA) is 55.8 Å².